The molecule has 3 heteroatoms. The molecule has 0 saturated heterocycles. The third kappa shape index (κ3) is 3.88. The van der Waals surface area contributed by atoms with E-state index in [2.05, 4.69) is 24.1 Å². The number of hydrogen-bond donors (Lipinski definition) is 1. The summed E-state index contributed by atoms with van der Waals surface area (Å²) in [5, 5.41) is 3.37. The maximum atomic E-state index is 5.61. The third-order valence-electron chi connectivity index (χ3n) is 2.26. The van der Waals surface area contributed by atoms with Gasteiger partial charge in [-0.05, 0) is 39.3 Å². The molecule has 0 saturated carbocycles. The van der Waals surface area contributed by atoms with Crippen molar-refractivity contribution in [1.29, 1.82) is 0 Å². The molecule has 0 atom stereocenters. The second-order valence-electron chi connectivity index (χ2n) is 4.24. The zero-order valence-corrected chi connectivity index (χ0v) is 10.0. The number of nitrogens with one attached hydrogen (secondary N) is 1. The van der Waals surface area contributed by atoms with Crippen LogP contribution in [0.2, 0.25) is 0 Å². The van der Waals surface area contributed by atoms with E-state index in [1.54, 1.807) is 6.20 Å². The average Bonchev–Trinajstić information content (AvgIpc) is 2.16. The van der Waals surface area contributed by atoms with Crippen LogP contribution in [-0.4, -0.2) is 23.7 Å². The summed E-state index contributed by atoms with van der Waals surface area (Å²) in [7, 11) is 0. The van der Waals surface area contributed by atoms with Gasteiger partial charge in [0.15, 0.2) is 0 Å². The second kappa shape index (κ2) is 5.12. The number of aromatic nitrogens is 1. The Morgan fingerprint density at radius 2 is 2.20 bits per heavy atom. The Hall–Kier alpha value is -1.09. The minimum atomic E-state index is -0.134. The van der Waals surface area contributed by atoms with Gasteiger partial charge in [0.25, 0.3) is 0 Å². The first kappa shape index (κ1) is 12.0. The molecule has 15 heavy (non-hydrogen) atoms. The fourth-order valence-corrected chi connectivity index (χ4v) is 1.42. The van der Waals surface area contributed by atoms with E-state index in [0.717, 1.165) is 24.4 Å². The number of aryl methyl sites for hydroxylation is 1. The maximum Gasteiger partial charge on any atom is 0.0797 e. The van der Waals surface area contributed by atoms with E-state index in [-0.39, 0.29) is 5.60 Å². The van der Waals surface area contributed by atoms with Crippen LogP contribution in [0.4, 0.5) is 5.69 Å². The van der Waals surface area contributed by atoms with E-state index in [0.29, 0.717) is 0 Å². The summed E-state index contributed by atoms with van der Waals surface area (Å²) >= 11 is 0. The zero-order valence-electron chi connectivity index (χ0n) is 10.0. The van der Waals surface area contributed by atoms with Crippen LogP contribution in [0.25, 0.3) is 0 Å². The Balaban J connectivity index is 2.53. The van der Waals surface area contributed by atoms with Crippen LogP contribution >= 0.6 is 0 Å². The van der Waals surface area contributed by atoms with Gasteiger partial charge in [-0.3, -0.25) is 4.98 Å². The standard InChI is InChI=1S/C12H20N2O/c1-5-15-12(3,4)9-14-11-6-7-13-8-10(11)2/h6-8H,5,9H2,1-4H3,(H,13,14). The molecule has 84 valence electrons. The number of pyridine rings is 1. The smallest absolute Gasteiger partial charge is 0.0797 e. The molecule has 1 rings (SSSR count). The molecule has 0 unspecified atom stereocenters. The summed E-state index contributed by atoms with van der Waals surface area (Å²) in [4.78, 5) is 4.05. The largest absolute Gasteiger partial charge is 0.382 e. The molecule has 0 spiro atoms. The highest BCUT2D eigenvalue weighted by molar-refractivity contribution is 5.48. The van der Waals surface area contributed by atoms with E-state index in [9.17, 15) is 0 Å². The van der Waals surface area contributed by atoms with Gasteiger partial charge in [-0.1, -0.05) is 0 Å². The van der Waals surface area contributed by atoms with Crippen LogP contribution in [0.5, 0.6) is 0 Å². The SMILES string of the molecule is CCOC(C)(C)CNc1ccncc1C. The molecule has 1 N–H and O–H groups in total. The quantitative estimate of drug-likeness (QED) is 0.807. The lowest BCUT2D eigenvalue weighted by atomic mass is 10.1. The Labute approximate surface area is 91.9 Å². The minimum Gasteiger partial charge on any atom is -0.382 e. The number of anilines is 1. The molecule has 0 radical (unpaired) electrons. The highest BCUT2D eigenvalue weighted by Crippen LogP contribution is 2.15. The van der Waals surface area contributed by atoms with E-state index < -0.39 is 0 Å². The number of hydrogen-bond acceptors (Lipinski definition) is 3. The van der Waals surface area contributed by atoms with Gasteiger partial charge in [0.05, 0.1) is 5.60 Å². The van der Waals surface area contributed by atoms with Crippen molar-refractivity contribution in [3.8, 4) is 0 Å². The van der Waals surface area contributed by atoms with Crippen molar-refractivity contribution in [3.05, 3.63) is 24.0 Å². The lowest BCUT2D eigenvalue weighted by Gasteiger charge is -2.25. The van der Waals surface area contributed by atoms with E-state index in [4.69, 9.17) is 4.74 Å². The Kier molecular flexibility index (Phi) is 4.09. The second-order valence-corrected chi connectivity index (χ2v) is 4.24. The van der Waals surface area contributed by atoms with Crippen molar-refractivity contribution in [1.82, 2.24) is 4.98 Å². The Morgan fingerprint density at radius 1 is 1.47 bits per heavy atom. The van der Waals surface area contributed by atoms with Gasteiger partial charge in [0, 0.05) is 31.2 Å². The van der Waals surface area contributed by atoms with Gasteiger partial charge >= 0.3 is 0 Å². The Bertz CT molecular complexity index is 310. The van der Waals surface area contributed by atoms with Crippen LogP contribution in [0.15, 0.2) is 18.5 Å². The third-order valence-corrected chi connectivity index (χ3v) is 2.26. The first-order chi connectivity index (χ1) is 7.05. The first-order valence-corrected chi connectivity index (χ1v) is 5.33. The van der Waals surface area contributed by atoms with Crippen molar-refractivity contribution in [3.63, 3.8) is 0 Å². The van der Waals surface area contributed by atoms with Crippen molar-refractivity contribution in [2.45, 2.75) is 33.3 Å². The molecule has 0 bridgehead atoms. The van der Waals surface area contributed by atoms with Crippen LogP contribution in [0, 0.1) is 6.92 Å². The molecule has 0 fully saturated rings. The van der Waals surface area contributed by atoms with Gasteiger partial charge in [-0.2, -0.15) is 0 Å². The lowest BCUT2D eigenvalue weighted by molar-refractivity contribution is 0.000692. The monoisotopic (exact) mass is 208 g/mol. The van der Waals surface area contributed by atoms with E-state index in [1.165, 1.54) is 0 Å². The average molecular weight is 208 g/mol. The first-order valence-electron chi connectivity index (χ1n) is 5.33. The van der Waals surface area contributed by atoms with Crippen LogP contribution < -0.4 is 5.32 Å². The summed E-state index contributed by atoms with van der Waals surface area (Å²) in [6.45, 7) is 9.76. The van der Waals surface area contributed by atoms with Crippen LogP contribution in [-0.2, 0) is 4.74 Å². The van der Waals surface area contributed by atoms with Crippen molar-refractivity contribution in [2.75, 3.05) is 18.5 Å². The molecule has 1 heterocycles. The number of nitrogens with zero attached hydrogens (tertiary/aromatic N) is 1. The molecule has 1 aromatic heterocycles. The van der Waals surface area contributed by atoms with Crippen molar-refractivity contribution >= 4 is 5.69 Å². The zero-order chi connectivity index (χ0) is 11.3. The fraction of sp³-hybridized carbons (Fsp3) is 0.583. The summed E-state index contributed by atoms with van der Waals surface area (Å²) in [5.74, 6) is 0. The van der Waals surface area contributed by atoms with Gasteiger partial charge in [0.2, 0.25) is 0 Å². The topological polar surface area (TPSA) is 34.1 Å². The molecule has 0 aliphatic heterocycles. The molecule has 0 aliphatic rings. The summed E-state index contributed by atoms with van der Waals surface area (Å²) in [5.41, 5.74) is 2.15. The van der Waals surface area contributed by atoms with Crippen LogP contribution in [0.3, 0.4) is 0 Å². The van der Waals surface area contributed by atoms with Crippen molar-refractivity contribution < 1.29 is 4.74 Å². The maximum absolute atomic E-state index is 5.61. The van der Waals surface area contributed by atoms with Crippen LogP contribution in [0.1, 0.15) is 26.3 Å². The highest BCUT2D eigenvalue weighted by atomic mass is 16.5. The molecular formula is C12H20N2O. The molecule has 3 nitrogen and oxygen atoms in total. The predicted octanol–water partition coefficient (Wildman–Crippen LogP) is 2.62. The Morgan fingerprint density at radius 3 is 2.80 bits per heavy atom. The highest BCUT2D eigenvalue weighted by Gasteiger charge is 2.17. The number of rotatable bonds is 5. The normalized spacial score (nSPS) is 11.5. The van der Waals surface area contributed by atoms with E-state index >= 15 is 0 Å². The molecule has 0 amide bonds. The summed E-state index contributed by atoms with van der Waals surface area (Å²) in [6.07, 6.45) is 3.65. The lowest BCUT2D eigenvalue weighted by Crippen LogP contribution is -2.33. The summed E-state index contributed by atoms with van der Waals surface area (Å²) < 4.78 is 5.61. The van der Waals surface area contributed by atoms with Gasteiger partial charge in [-0.25, -0.2) is 0 Å². The number of ether oxygens (including phenoxy) is 1. The van der Waals surface area contributed by atoms with Crippen molar-refractivity contribution in [2.24, 2.45) is 0 Å². The molecule has 1 aromatic rings. The fourth-order valence-electron chi connectivity index (χ4n) is 1.42. The van der Waals surface area contributed by atoms with E-state index in [1.807, 2.05) is 26.1 Å². The minimum absolute atomic E-state index is 0.134. The van der Waals surface area contributed by atoms with Gasteiger partial charge in [0.1, 0.15) is 0 Å². The molecular weight excluding hydrogens is 188 g/mol. The predicted molar refractivity (Wildman–Crippen MR) is 63.2 cm³/mol. The molecule has 0 aliphatic carbocycles. The summed E-state index contributed by atoms with van der Waals surface area (Å²) in [6, 6.07) is 1.98. The molecule has 0 aromatic carbocycles. The van der Waals surface area contributed by atoms with Gasteiger partial charge in [-0.15, -0.1) is 0 Å². The van der Waals surface area contributed by atoms with Gasteiger partial charge < -0.3 is 10.1 Å².